The monoisotopic (exact) mass is 244 g/mol. The maximum Gasteiger partial charge on any atom is 0.142 e. The lowest BCUT2D eigenvalue weighted by molar-refractivity contribution is 0.150. The largest absolute Gasteiger partial charge is 0.485 e. The summed E-state index contributed by atoms with van der Waals surface area (Å²) in [5.41, 5.74) is 1.08. The molecule has 0 radical (unpaired) electrons. The van der Waals surface area contributed by atoms with Crippen molar-refractivity contribution < 1.29 is 4.74 Å². The quantitative estimate of drug-likeness (QED) is 0.778. The molecule has 1 atom stereocenters. The highest BCUT2D eigenvalue weighted by molar-refractivity contribution is 5.57. The average Bonchev–Trinajstić information content (AvgIpc) is 2.39. The van der Waals surface area contributed by atoms with Crippen LogP contribution in [0.3, 0.4) is 0 Å². The highest BCUT2D eigenvalue weighted by Crippen LogP contribution is 2.28. The molecule has 1 heterocycles. The minimum atomic E-state index is 0.166. The molecule has 1 unspecified atom stereocenters. The third kappa shape index (κ3) is 3.14. The van der Waals surface area contributed by atoms with Gasteiger partial charge >= 0.3 is 0 Å². The number of para-hydroxylation sites is 2. The van der Waals surface area contributed by atoms with Gasteiger partial charge in [0.2, 0.25) is 0 Å². The summed E-state index contributed by atoms with van der Waals surface area (Å²) >= 11 is 0. The summed E-state index contributed by atoms with van der Waals surface area (Å²) < 4.78 is 5.98. The van der Waals surface area contributed by atoms with E-state index in [0.717, 1.165) is 37.6 Å². The Kier molecular flexibility index (Phi) is 4.42. The number of nitrogens with one attached hydrogen (secondary N) is 1. The first-order valence-corrected chi connectivity index (χ1v) is 6.27. The fourth-order valence-electron chi connectivity index (χ4n) is 2.14. The summed E-state index contributed by atoms with van der Waals surface area (Å²) in [6, 6.07) is 8.04. The van der Waals surface area contributed by atoms with Crippen molar-refractivity contribution in [2.75, 3.05) is 31.5 Å². The number of benzene rings is 1. The summed E-state index contributed by atoms with van der Waals surface area (Å²) in [6.45, 7) is 11.0. The van der Waals surface area contributed by atoms with Crippen LogP contribution in [0.5, 0.6) is 5.75 Å². The maximum atomic E-state index is 5.98. The second kappa shape index (κ2) is 6.26. The Labute approximate surface area is 109 Å². The van der Waals surface area contributed by atoms with Gasteiger partial charge in [-0.05, 0) is 12.1 Å². The first kappa shape index (κ1) is 12.7. The van der Waals surface area contributed by atoms with Crippen LogP contribution in [0.25, 0.3) is 0 Å². The van der Waals surface area contributed by atoms with Crippen molar-refractivity contribution in [2.24, 2.45) is 0 Å². The van der Waals surface area contributed by atoms with E-state index in [2.05, 4.69) is 23.4 Å². The Hall–Kier alpha value is -1.74. The van der Waals surface area contributed by atoms with Gasteiger partial charge in [-0.15, -0.1) is 13.2 Å². The van der Waals surface area contributed by atoms with Crippen molar-refractivity contribution in [3.05, 3.63) is 49.6 Å². The highest BCUT2D eigenvalue weighted by atomic mass is 16.5. The fraction of sp³-hybridized carbons (Fsp3) is 0.333. The third-order valence-electron chi connectivity index (χ3n) is 2.94. The van der Waals surface area contributed by atoms with Gasteiger partial charge in [0.05, 0.1) is 12.2 Å². The Morgan fingerprint density at radius 2 is 2.00 bits per heavy atom. The molecule has 0 aromatic heterocycles. The molecule has 0 amide bonds. The molecule has 0 saturated carbocycles. The normalized spacial score (nSPS) is 17.5. The van der Waals surface area contributed by atoms with E-state index in [0.29, 0.717) is 0 Å². The first-order chi connectivity index (χ1) is 8.83. The molecular weight excluding hydrogens is 224 g/mol. The average molecular weight is 244 g/mol. The summed E-state index contributed by atoms with van der Waals surface area (Å²) in [6.07, 6.45) is 3.99. The second-order valence-corrected chi connectivity index (χ2v) is 4.41. The number of hydrogen-bond acceptors (Lipinski definition) is 3. The van der Waals surface area contributed by atoms with Gasteiger partial charge in [0.1, 0.15) is 11.9 Å². The topological polar surface area (TPSA) is 24.5 Å². The van der Waals surface area contributed by atoms with Crippen LogP contribution in [0, 0.1) is 0 Å². The number of fused-ring (bicyclic) bond motifs is 1. The molecule has 1 aliphatic rings. The van der Waals surface area contributed by atoms with Crippen LogP contribution in [0.15, 0.2) is 49.6 Å². The Morgan fingerprint density at radius 1 is 1.28 bits per heavy atom. The molecule has 0 bridgehead atoms. The van der Waals surface area contributed by atoms with Gasteiger partial charge in [-0.3, -0.25) is 4.90 Å². The predicted octanol–water partition coefficient (Wildman–Crippen LogP) is 2.53. The van der Waals surface area contributed by atoms with Gasteiger partial charge in [-0.2, -0.15) is 0 Å². The van der Waals surface area contributed by atoms with E-state index < -0.39 is 0 Å². The molecule has 2 rings (SSSR count). The van der Waals surface area contributed by atoms with Gasteiger partial charge in [0.15, 0.2) is 0 Å². The smallest absolute Gasteiger partial charge is 0.142 e. The van der Waals surface area contributed by atoms with Gasteiger partial charge in [-0.1, -0.05) is 24.3 Å². The molecule has 18 heavy (non-hydrogen) atoms. The third-order valence-corrected chi connectivity index (χ3v) is 2.94. The lowest BCUT2D eigenvalue weighted by Gasteiger charge is -2.31. The second-order valence-electron chi connectivity index (χ2n) is 4.41. The van der Waals surface area contributed by atoms with E-state index in [1.807, 2.05) is 36.4 Å². The van der Waals surface area contributed by atoms with Crippen LogP contribution >= 0.6 is 0 Å². The minimum absolute atomic E-state index is 0.166. The van der Waals surface area contributed by atoms with Crippen molar-refractivity contribution in [3.63, 3.8) is 0 Å². The lowest BCUT2D eigenvalue weighted by Crippen LogP contribution is -2.41. The number of rotatable bonds is 6. The van der Waals surface area contributed by atoms with E-state index in [1.165, 1.54) is 0 Å². The maximum absolute atomic E-state index is 5.98. The van der Waals surface area contributed by atoms with Crippen molar-refractivity contribution >= 4 is 5.69 Å². The zero-order valence-corrected chi connectivity index (χ0v) is 10.6. The molecule has 1 aliphatic heterocycles. The zero-order chi connectivity index (χ0) is 12.8. The summed E-state index contributed by atoms with van der Waals surface area (Å²) in [4.78, 5) is 2.26. The molecule has 3 heteroatoms. The van der Waals surface area contributed by atoms with Crippen molar-refractivity contribution in [1.82, 2.24) is 4.90 Å². The van der Waals surface area contributed by atoms with Gasteiger partial charge in [0, 0.05) is 19.6 Å². The van der Waals surface area contributed by atoms with E-state index >= 15 is 0 Å². The van der Waals surface area contributed by atoms with E-state index in [-0.39, 0.29) is 6.10 Å². The van der Waals surface area contributed by atoms with Crippen LogP contribution in [0.4, 0.5) is 5.69 Å². The van der Waals surface area contributed by atoms with E-state index in [9.17, 15) is 0 Å². The van der Waals surface area contributed by atoms with Gasteiger partial charge < -0.3 is 10.1 Å². The Bertz CT molecular complexity index is 407. The highest BCUT2D eigenvalue weighted by Gasteiger charge is 2.20. The molecule has 96 valence electrons. The molecule has 0 spiro atoms. The van der Waals surface area contributed by atoms with Gasteiger partial charge in [-0.25, -0.2) is 0 Å². The Morgan fingerprint density at radius 3 is 2.72 bits per heavy atom. The Balaban J connectivity index is 1.95. The SMILES string of the molecule is C=CCN(CC=C)CC1CNc2ccccc2O1. The van der Waals surface area contributed by atoms with Crippen molar-refractivity contribution in [1.29, 1.82) is 0 Å². The van der Waals surface area contributed by atoms with Crippen molar-refractivity contribution in [2.45, 2.75) is 6.10 Å². The fourth-order valence-corrected chi connectivity index (χ4v) is 2.14. The summed E-state index contributed by atoms with van der Waals surface area (Å²) in [5.74, 6) is 0.936. The minimum Gasteiger partial charge on any atom is -0.485 e. The zero-order valence-electron chi connectivity index (χ0n) is 10.6. The molecule has 0 fully saturated rings. The van der Waals surface area contributed by atoms with Crippen LogP contribution in [0.2, 0.25) is 0 Å². The predicted molar refractivity (Wildman–Crippen MR) is 76.2 cm³/mol. The van der Waals surface area contributed by atoms with E-state index in [1.54, 1.807) is 0 Å². The van der Waals surface area contributed by atoms with Crippen LogP contribution in [-0.4, -0.2) is 37.2 Å². The van der Waals surface area contributed by atoms with Crippen LogP contribution < -0.4 is 10.1 Å². The molecule has 1 N–H and O–H groups in total. The molecule has 1 aromatic rings. The van der Waals surface area contributed by atoms with Crippen molar-refractivity contribution in [3.8, 4) is 5.75 Å². The van der Waals surface area contributed by atoms with E-state index in [4.69, 9.17) is 4.74 Å². The molecule has 0 aliphatic carbocycles. The number of anilines is 1. The number of hydrogen-bond donors (Lipinski definition) is 1. The molecule has 1 aromatic carbocycles. The summed E-state index contributed by atoms with van der Waals surface area (Å²) in [7, 11) is 0. The molecular formula is C15H20N2O. The summed E-state index contributed by atoms with van der Waals surface area (Å²) in [5, 5.41) is 3.40. The number of ether oxygens (including phenoxy) is 1. The molecule has 3 nitrogen and oxygen atoms in total. The van der Waals surface area contributed by atoms with Crippen LogP contribution in [0.1, 0.15) is 0 Å². The van der Waals surface area contributed by atoms with Gasteiger partial charge in [0.25, 0.3) is 0 Å². The van der Waals surface area contributed by atoms with Crippen LogP contribution in [-0.2, 0) is 0 Å². The first-order valence-electron chi connectivity index (χ1n) is 6.27. The standard InChI is InChI=1S/C15H20N2O/c1-3-9-17(10-4-2)12-13-11-16-14-7-5-6-8-15(14)18-13/h3-8,13,16H,1-2,9-12H2. The molecule has 0 saturated heterocycles. The number of nitrogens with zero attached hydrogens (tertiary/aromatic N) is 1. The lowest BCUT2D eigenvalue weighted by atomic mass is 10.2.